The van der Waals surface area contributed by atoms with E-state index in [4.69, 9.17) is 5.39 Å². The number of diazo groups is 1. The Morgan fingerprint density at radius 3 is 2.40 bits per heavy atom. The standard InChI is InChI=1S/C9H12N2O4/c1-3-15-9(14)8(11-10)7(13)5-4-6(2)12/h3-5H2,1-2H3/p+1. The maximum Gasteiger partial charge on any atom is 0.505 e. The molecule has 0 rings (SSSR count). The molecule has 0 atom stereocenters. The molecule has 0 radical (unpaired) electrons. The van der Waals surface area contributed by atoms with Crippen LogP contribution in [0.4, 0.5) is 0 Å². The third-order valence-electron chi connectivity index (χ3n) is 1.56. The molecule has 0 fully saturated rings. The van der Waals surface area contributed by atoms with E-state index in [2.05, 4.69) is 9.71 Å². The Hall–Kier alpha value is -1.90. The van der Waals surface area contributed by atoms with Gasteiger partial charge in [-0.15, -0.1) is 0 Å². The molecule has 1 N–H and O–H groups in total. The highest BCUT2D eigenvalue weighted by Crippen LogP contribution is 2.11. The van der Waals surface area contributed by atoms with Gasteiger partial charge in [0.05, 0.1) is 6.61 Å². The molecule has 6 heteroatoms. The van der Waals surface area contributed by atoms with Crippen molar-refractivity contribution in [1.29, 1.82) is 5.39 Å². The van der Waals surface area contributed by atoms with E-state index in [1.54, 1.807) is 6.92 Å². The summed E-state index contributed by atoms with van der Waals surface area (Å²) in [5.74, 6) is -1.50. The molecule has 82 valence electrons. The van der Waals surface area contributed by atoms with E-state index >= 15 is 0 Å². The van der Waals surface area contributed by atoms with Gasteiger partial charge >= 0.3 is 11.7 Å². The fourth-order valence-electron chi connectivity index (χ4n) is 0.829. The third kappa shape index (κ3) is 4.76. The van der Waals surface area contributed by atoms with Crippen molar-refractivity contribution in [3.63, 3.8) is 0 Å². The molecule has 15 heavy (non-hydrogen) atoms. The first-order valence-electron chi connectivity index (χ1n) is 4.46. The van der Waals surface area contributed by atoms with Crippen molar-refractivity contribution in [3.05, 3.63) is 16.4 Å². The Balaban J connectivity index is 4.61. The SMILES string of the molecule is CCOC(=O)/C([N+]#N)=C(\O)CCC(C)=O. The monoisotopic (exact) mass is 213 g/mol. The molecule has 0 saturated carbocycles. The summed E-state index contributed by atoms with van der Waals surface area (Å²) < 4.78 is 4.53. The molecule has 0 amide bonds. The summed E-state index contributed by atoms with van der Waals surface area (Å²) in [4.78, 5) is 24.3. The Morgan fingerprint density at radius 2 is 2.00 bits per heavy atom. The first kappa shape index (κ1) is 13.1. The maximum absolute atomic E-state index is 11.1. The van der Waals surface area contributed by atoms with Gasteiger partial charge in [0.1, 0.15) is 5.78 Å². The number of nitrogens with zero attached hydrogens (tertiary/aromatic N) is 2. The topological polar surface area (TPSA) is 91.8 Å². The second-order valence-electron chi connectivity index (χ2n) is 2.82. The minimum atomic E-state index is -0.916. The summed E-state index contributed by atoms with van der Waals surface area (Å²) in [5.41, 5.74) is -0.557. The number of ketones is 1. The van der Waals surface area contributed by atoms with Gasteiger partial charge < -0.3 is 14.6 Å². The summed E-state index contributed by atoms with van der Waals surface area (Å²) in [5, 5.41) is 17.8. The van der Waals surface area contributed by atoms with Crippen LogP contribution in [0.5, 0.6) is 0 Å². The van der Waals surface area contributed by atoms with Crippen molar-refractivity contribution >= 4 is 11.8 Å². The Labute approximate surface area is 87.2 Å². The molecule has 0 aliphatic rings. The minimum absolute atomic E-state index is 0.0481. The first-order chi connectivity index (χ1) is 7.02. The average Bonchev–Trinajstić information content (AvgIpc) is 2.16. The van der Waals surface area contributed by atoms with E-state index in [1.165, 1.54) is 6.92 Å². The van der Waals surface area contributed by atoms with Crippen LogP contribution in [0, 0.1) is 5.39 Å². The van der Waals surface area contributed by atoms with E-state index in [9.17, 15) is 14.7 Å². The molecule has 6 nitrogen and oxygen atoms in total. The predicted molar refractivity (Wildman–Crippen MR) is 51.3 cm³/mol. The lowest BCUT2D eigenvalue weighted by Crippen LogP contribution is -2.08. The predicted octanol–water partition coefficient (Wildman–Crippen LogP) is 1.54. The first-order valence-corrected chi connectivity index (χ1v) is 4.46. The van der Waals surface area contributed by atoms with Gasteiger partial charge in [-0.05, 0) is 13.8 Å². The van der Waals surface area contributed by atoms with Gasteiger partial charge in [0.15, 0.2) is 10.7 Å². The molecule has 0 spiro atoms. The minimum Gasteiger partial charge on any atom is -0.505 e. The molecule has 0 aliphatic heterocycles. The van der Waals surface area contributed by atoms with E-state index in [1.807, 2.05) is 0 Å². The zero-order chi connectivity index (χ0) is 11.8. The van der Waals surface area contributed by atoms with Crippen molar-refractivity contribution in [2.45, 2.75) is 26.7 Å². The van der Waals surface area contributed by atoms with Gasteiger partial charge in [-0.3, -0.25) is 0 Å². The van der Waals surface area contributed by atoms with Crippen LogP contribution in [0.15, 0.2) is 11.5 Å². The fourth-order valence-corrected chi connectivity index (χ4v) is 0.829. The van der Waals surface area contributed by atoms with Crippen LogP contribution in [-0.4, -0.2) is 23.5 Å². The highest BCUT2D eigenvalue weighted by Gasteiger charge is 2.30. The smallest absolute Gasteiger partial charge is 0.505 e. The number of Topliss-reactive ketones (excluding diaryl/α,β-unsaturated/α-hetero) is 1. The molecular formula is C9H13N2O4+. The van der Waals surface area contributed by atoms with Gasteiger partial charge in [0, 0.05) is 12.8 Å². The highest BCUT2D eigenvalue weighted by atomic mass is 16.5. The number of aliphatic hydroxyl groups is 1. The number of esters is 1. The number of hydrogen-bond donors (Lipinski definition) is 1. The summed E-state index contributed by atoms with van der Waals surface area (Å²) in [7, 11) is 0. The fraction of sp³-hybridized carbons (Fsp3) is 0.556. The Bertz CT molecular complexity index is 327. The van der Waals surface area contributed by atoms with Crippen molar-refractivity contribution < 1.29 is 19.4 Å². The molecule has 0 bridgehead atoms. The third-order valence-corrected chi connectivity index (χ3v) is 1.56. The number of carbonyl (C=O) groups is 2. The quantitative estimate of drug-likeness (QED) is 0.323. The number of hydrogen-bond acceptors (Lipinski definition) is 5. The van der Waals surface area contributed by atoms with E-state index in [0.29, 0.717) is 0 Å². The van der Waals surface area contributed by atoms with Gasteiger partial charge in [-0.25, -0.2) is 4.79 Å². The van der Waals surface area contributed by atoms with Crippen molar-refractivity contribution in [1.82, 2.24) is 0 Å². The van der Waals surface area contributed by atoms with Gasteiger partial charge in [0.25, 0.3) is 0 Å². The zero-order valence-electron chi connectivity index (χ0n) is 8.69. The molecule has 0 heterocycles. The number of aliphatic hydroxyl groups excluding tert-OH is 1. The normalized spacial score (nSPS) is 11.3. The summed E-state index contributed by atoms with van der Waals surface area (Å²) in [6.07, 6.45) is 0.0256. The molecular weight excluding hydrogens is 200 g/mol. The van der Waals surface area contributed by atoms with Gasteiger partial charge in [-0.1, -0.05) is 0 Å². The van der Waals surface area contributed by atoms with Crippen LogP contribution in [0.1, 0.15) is 26.7 Å². The lowest BCUT2D eigenvalue weighted by atomic mass is 10.2. The Kier molecular flexibility index (Phi) is 5.71. The number of allylic oxidation sites excluding steroid dienone is 1. The number of ether oxygens (including phenoxy) is 1. The maximum atomic E-state index is 11.1. The van der Waals surface area contributed by atoms with E-state index < -0.39 is 17.4 Å². The molecule has 0 unspecified atom stereocenters. The van der Waals surface area contributed by atoms with E-state index in [0.717, 1.165) is 0 Å². The van der Waals surface area contributed by atoms with Gasteiger partial charge in [-0.2, -0.15) is 0 Å². The van der Waals surface area contributed by atoms with Crippen LogP contribution in [0.3, 0.4) is 0 Å². The van der Waals surface area contributed by atoms with Crippen LogP contribution in [-0.2, 0) is 14.3 Å². The molecule has 0 aromatic heterocycles. The second kappa shape index (κ2) is 6.54. The highest BCUT2D eigenvalue weighted by molar-refractivity contribution is 5.90. The Morgan fingerprint density at radius 1 is 1.40 bits per heavy atom. The van der Waals surface area contributed by atoms with E-state index in [-0.39, 0.29) is 25.2 Å². The van der Waals surface area contributed by atoms with Crippen LogP contribution >= 0.6 is 0 Å². The van der Waals surface area contributed by atoms with Gasteiger partial charge in [0.2, 0.25) is 5.39 Å². The van der Waals surface area contributed by atoms with Crippen molar-refractivity contribution in [2.75, 3.05) is 6.61 Å². The second-order valence-corrected chi connectivity index (χ2v) is 2.82. The summed E-state index contributed by atoms with van der Waals surface area (Å²) >= 11 is 0. The van der Waals surface area contributed by atoms with Crippen molar-refractivity contribution in [3.8, 4) is 0 Å². The van der Waals surface area contributed by atoms with Crippen LogP contribution in [0.2, 0.25) is 0 Å². The van der Waals surface area contributed by atoms with Crippen molar-refractivity contribution in [2.24, 2.45) is 0 Å². The summed E-state index contributed by atoms with van der Waals surface area (Å²) in [6.45, 7) is 3.05. The largest absolute Gasteiger partial charge is 0.505 e. The summed E-state index contributed by atoms with van der Waals surface area (Å²) in [6, 6.07) is 0. The van der Waals surface area contributed by atoms with Crippen LogP contribution < -0.4 is 0 Å². The number of rotatable bonds is 5. The number of carbonyl (C=O) groups excluding carboxylic acids is 2. The lowest BCUT2D eigenvalue weighted by molar-refractivity contribution is -0.138. The molecule has 0 aromatic rings. The zero-order valence-corrected chi connectivity index (χ0v) is 8.69. The average molecular weight is 213 g/mol. The molecule has 0 aliphatic carbocycles. The molecule has 0 saturated heterocycles. The van der Waals surface area contributed by atoms with Crippen LogP contribution in [0.25, 0.3) is 4.98 Å². The lowest BCUT2D eigenvalue weighted by Gasteiger charge is -1.96. The molecule has 0 aromatic carbocycles.